The van der Waals surface area contributed by atoms with Gasteiger partial charge in [-0.05, 0) is 55.7 Å². The van der Waals surface area contributed by atoms with E-state index in [1.807, 2.05) is 56.3 Å². The largest absolute Gasteiger partial charge is 0.481 e. The van der Waals surface area contributed by atoms with Crippen molar-refractivity contribution >= 4 is 33.8 Å². The van der Waals surface area contributed by atoms with Gasteiger partial charge in [0.1, 0.15) is 5.75 Å². The van der Waals surface area contributed by atoms with Gasteiger partial charge in [-0.1, -0.05) is 46.3 Å². The Morgan fingerprint density at radius 2 is 1.81 bits per heavy atom. The van der Waals surface area contributed by atoms with Gasteiger partial charge in [-0.2, -0.15) is 0 Å². The molecule has 0 aromatic heterocycles. The molecule has 0 radical (unpaired) electrons. The summed E-state index contributed by atoms with van der Waals surface area (Å²) in [5, 5.41) is 0. The number of carbonyl (C=O) groups excluding carboxylic acids is 2. The summed E-state index contributed by atoms with van der Waals surface area (Å²) < 4.78 is 6.56. The highest BCUT2D eigenvalue weighted by molar-refractivity contribution is 9.10. The second kappa shape index (κ2) is 9.20. The van der Waals surface area contributed by atoms with Crippen LogP contribution < -0.4 is 15.6 Å². The average molecular weight is 417 g/mol. The molecule has 0 aliphatic heterocycles. The Labute approximate surface area is 161 Å². The number of nitrogens with one attached hydrogen (secondary N) is 2. The molecule has 0 spiro atoms. The van der Waals surface area contributed by atoms with E-state index < -0.39 is 17.9 Å². The van der Waals surface area contributed by atoms with Crippen molar-refractivity contribution in [3.63, 3.8) is 0 Å². The summed E-state index contributed by atoms with van der Waals surface area (Å²) in [4.78, 5) is 23.9. The first-order valence-electron chi connectivity index (χ1n) is 8.14. The molecule has 0 saturated carbocycles. The van der Waals surface area contributed by atoms with E-state index in [0.29, 0.717) is 5.75 Å². The third-order valence-corrected chi connectivity index (χ3v) is 4.58. The first-order chi connectivity index (χ1) is 12.4. The van der Waals surface area contributed by atoms with Gasteiger partial charge < -0.3 is 4.74 Å². The van der Waals surface area contributed by atoms with Gasteiger partial charge in [0.05, 0.1) is 0 Å². The molecule has 2 aromatic carbocycles. The van der Waals surface area contributed by atoms with Crippen LogP contribution in [0, 0.1) is 13.8 Å². The van der Waals surface area contributed by atoms with Crippen molar-refractivity contribution in [3.05, 3.63) is 69.7 Å². The van der Waals surface area contributed by atoms with Crippen molar-refractivity contribution in [2.45, 2.75) is 26.9 Å². The fraction of sp³-hybridized carbons (Fsp3) is 0.200. The van der Waals surface area contributed by atoms with Crippen LogP contribution in [0.1, 0.15) is 23.6 Å². The highest BCUT2D eigenvalue weighted by Crippen LogP contribution is 2.21. The van der Waals surface area contributed by atoms with Crippen LogP contribution in [0.3, 0.4) is 0 Å². The molecule has 0 aliphatic carbocycles. The lowest BCUT2D eigenvalue weighted by Gasteiger charge is -2.17. The van der Waals surface area contributed by atoms with Crippen LogP contribution in [0.5, 0.6) is 5.75 Å². The van der Waals surface area contributed by atoms with E-state index in [-0.39, 0.29) is 0 Å². The number of carbonyl (C=O) groups is 2. The van der Waals surface area contributed by atoms with Crippen LogP contribution in [0.4, 0.5) is 0 Å². The molecule has 2 rings (SSSR count). The van der Waals surface area contributed by atoms with E-state index in [2.05, 4.69) is 26.8 Å². The average Bonchev–Trinajstić information content (AvgIpc) is 2.62. The number of amides is 2. The summed E-state index contributed by atoms with van der Waals surface area (Å²) in [5.74, 6) is -0.227. The molecule has 5 nitrogen and oxygen atoms in total. The first-order valence-corrected chi connectivity index (χ1v) is 8.93. The monoisotopic (exact) mass is 416 g/mol. The maximum Gasteiger partial charge on any atom is 0.279 e. The van der Waals surface area contributed by atoms with Gasteiger partial charge in [0.2, 0.25) is 0 Å². The van der Waals surface area contributed by atoms with Crippen molar-refractivity contribution in [1.29, 1.82) is 0 Å². The number of halogens is 1. The topological polar surface area (TPSA) is 67.4 Å². The molecule has 26 heavy (non-hydrogen) atoms. The van der Waals surface area contributed by atoms with Gasteiger partial charge in [0, 0.05) is 10.5 Å². The molecule has 0 aliphatic rings. The van der Waals surface area contributed by atoms with Gasteiger partial charge in [-0.15, -0.1) is 0 Å². The summed E-state index contributed by atoms with van der Waals surface area (Å²) in [7, 11) is 0. The number of hydrogen-bond acceptors (Lipinski definition) is 3. The summed E-state index contributed by atoms with van der Waals surface area (Å²) in [6, 6.07) is 13.2. The van der Waals surface area contributed by atoms with Crippen LogP contribution in [0.2, 0.25) is 0 Å². The molecular formula is C20H21BrN2O3. The van der Waals surface area contributed by atoms with Crippen molar-refractivity contribution < 1.29 is 14.3 Å². The third kappa shape index (κ3) is 5.46. The Balaban J connectivity index is 1.86. The van der Waals surface area contributed by atoms with E-state index in [4.69, 9.17) is 4.74 Å². The number of aryl methyl sites for hydroxylation is 1. The molecule has 2 amide bonds. The van der Waals surface area contributed by atoms with Crippen molar-refractivity contribution in [1.82, 2.24) is 10.9 Å². The maximum absolute atomic E-state index is 12.1. The first kappa shape index (κ1) is 19.7. The highest BCUT2D eigenvalue weighted by atomic mass is 79.9. The molecule has 136 valence electrons. The van der Waals surface area contributed by atoms with Gasteiger partial charge in [0.25, 0.3) is 11.8 Å². The van der Waals surface area contributed by atoms with Crippen LogP contribution >= 0.6 is 15.9 Å². The molecule has 0 bridgehead atoms. The van der Waals surface area contributed by atoms with E-state index in [9.17, 15) is 9.59 Å². The van der Waals surface area contributed by atoms with Crippen LogP contribution in [0.25, 0.3) is 6.08 Å². The van der Waals surface area contributed by atoms with Crippen molar-refractivity contribution in [3.8, 4) is 5.75 Å². The third-order valence-electron chi connectivity index (χ3n) is 3.86. The Kier molecular flexibility index (Phi) is 6.97. The molecule has 2 N–H and O–H groups in total. The zero-order valence-electron chi connectivity index (χ0n) is 14.9. The fourth-order valence-electron chi connectivity index (χ4n) is 2.14. The summed E-state index contributed by atoms with van der Waals surface area (Å²) >= 11 is 3.40. The molecule has 6 heteroatoms. The second-order valence-electron chi connectivity index (χ2n) is 5.79. The minimum Gasteiger partial charge on any atom is -0.481 e. The highest BCUT2D eigenvalue weighted by Gasteiger charge is 2.16. The van der Waals surface area contributed by atoms with Gasteiger partial charge in [-0.25, -0.2) is 0 Å². The fourth-order valence-corrected chi connectivity index (χ4v) is 2.55. The summed E-state index contributed by atoms with van der Waals surface area (Å²) in [6.45, 7) is 5.54. The van der Waals surface area contributed by atoms with E-state index >= 15 is 0 Å². The lowest BCUT2D eigenvalue weighted by atomic mass is 10.1. The van der Waals surface area contributed by atoms with E-state index in [0.717, 1.165) is 21.2 Å². The molecule has 1 atom stereocenters. The van der Waals surface area contributed by atoms with Gasteiger partial charge in [-0.3, -0.25) is 20.4 Å². The molecule has 2 aromatic rings. The van der Waals surface area contributed by atoms with E-state index in [1.54, 1.807) is 13.0 Å². The van der Waals surface area contributed by atoms with Crippen LogP contribution in [-0.4, -0.2) is 17.9 Å². The predicted molar refractivity (Wildman–Crippen MR) is 105 cm³/mol. The smallest absolute Gasteiger partial charge is 0.279 e. The number of hydrazine groups is 1. The second-order valence-corrected chi connectivity index (χ2v) is 6.65. The molecule has 0 heterocycles. The van der Waals surface area contributed by atoms with Crippen molar-refractivity contribution in [2.24, 2.45) is 0 Å². The van der Waals surface area contributed by atoms with Crippen LogP contribution in [0.15, 0.2) is 53.0 Å². The lowest BCUT2D eigenvalue weighted by molar-refractivity contribution is -0.131. The molecule has 0 fully saturated rings. The zero-order valence-corrected chi connectivity index (χ0v) is 16.5. The van der Waals surface area contributed by atoms with E-state index in [1.165, 1.54) is 6.08 Å². The Hall–Kier alpha value is -2.60. The lowest BCUT2D eigenvalue weighted by Crippen LogP contribution is -2.46. The van der Waals surface area contributed by atoms with Gasteiger partial charge in [0.15, 0.2) is 6.10 Å². The van der Waals surface area contributed by atoms with Crippen LogP contribution in [-0.2, 0) is 9.59 Å². The minimum atomic E-state index is -0.747. The Morgan fingerprint density at radius 3 is 2.54 bits per heavy atom. The number of benzene rings is 2. The van der Waals surface area contributed by atoms with Gasteiger partial charge >= 0.3 is 0 Å². The minimum absolute atomic E-state index is 0.437. The number of hydrogen-bond donors (Lipinski definition) is 2. The summed E-state index contributed by atoms with van der Waals surface area (Å²) in [6.07, 6.45) is 2.25. The standard InChI is InChI=1S/C20H21BrN2O3/c1-13-7-6-10-18(14(13)2)26-15(3)20(25)23-22-19(24)12-11-16-8-4-5-9-17(16)21/h4-12,15H,1-3H3,(H,22,24)(H,23,25)/b12-11+/t15-/m1/s1. The van der Waals surface area contributed by atoms with Crippen molar-refractivity contribution in [2.75, 3.05) is 0 Å². The Morgan fingerprint density at radius 1 is 1.08 bits per heavy atom. The summed E-state index contributed by atoms with van der Waals surface area (Å²) in [5.41, 5.74) is 7.63. The normalized spacial score (nSPS) is 11.8. The maximum atomic E-state index is 12.1. The molecule has 0 saturated heterocycles. The number of rotatable bonds is 5. The zero-order chi connectivity index (χ0) is 19.1. The Bertz CT molecular complexity index is 834. The molecular weight excluding hydrogens is 396 g/mol. The number of ether oxygens (including phenoxy) is 1. The quantitative estimate of drug-likeness (QED) is 0.576. The predicted octanol–water partition coefficient (Wildman–Crippen LogP) is 3.69. The SMILES string of the molecule is Cc1cccc(O[C@H](C)C(=O)NNC(=O)/C=C/c2ccccc2Br)c1C. The molecule has 0 unspecified atom stereocenters.